The van der Waals surface area contributed by atoms with Crippen LogP contribution in [0.5, 0.6) is 0 Å². The molecule has 0 radical (unpaired) electrons. The molecule has 5 aromatic carbocycles. The highest BCUT2D eigenvalue weighted by atomic mass is 32.2. The van der Waals surface area contributed by atoms with Crippen molar-refractivity contribution < 1.29 is 17.9 Å². The van der Waals surface area contributed by atoms with Crippen LogP contribution in [0.15, 0.2) is 154 Å². The third-order valence-corrected chi connectivity index (χ3v) is 8.36. The number of esters is 1. The maximum atomic E-state index is 13.0. The van der Waals surface area contributed by atoms with Crippen LogP contribution in [0.2, 0.25) is 0 Å². The molecule has 0 heterocycles. The van der Waals surface area contributed by atoms with Crippen LogP contribution in [0.1, 0.15) is 39.0 Å². The van der Waals surface area contributed by atoms with Crippen molar-refractivity contribution in [3.05, 3.63) is 167 Å². The fraction of sp³-hybridized carbons (Fsp3) is 0.114. The first-order valence-electron chi connectivity index (χ1n) is 13.6. The summed E-state index contributed by atoms with van der Waals surface area (Å²) in [6.45, 7) is 2.05. The molecule has 5 rings (SSSR count). The average molecular weight is 575 g/mol. The van der Waals surface area contributed by atoms with Crippen LogP contribution in [0.3, 0.4) is 0 Å². The number of carbonyl (C=O) groups excluding carboxylic acids is 1. The minimum Gasteiger partial charge on any atom is -0.462 e. The molecule has 0 aliphatic heterocycles. The molecule has 5 aromatic rings. The lowest BCUT2D eigenvalue weighted by Gasteiger charge is -2.36. The van der Waals surface area contributed by atoms with Gasteiger partial charge in [0.15, 0.2) is 0 Å². The monoisotopic (exact) mass is 574 g/mol. The first-order chi connectivity index (χ1) is 20.4. The van der Waals surface area contributed by atoms with Gasteiger partial charge in [0.1, 0.15) is 0 Å². The second-order valence-electron chi connectivity index (χ2n) is 9.91. The maximum Gasteiger partial charge on any atom is 0.338 e. The average Bonchev–Trinajstić information content (AvgIpc) is 3.04. The molecule has 0 aliphatic rings. The standard InChI is InChI=1S/C35H30N2O4S/c1-27-17-23-33(24-18-27)42(39,40)37-36-32-21-19-28(20-22-32)34(38)41-26-25-35(29-11-5-2-6-12-29,30-13-7-3-8-14-30)31-15-9-4-10-16-31/h2-24H,25-26H2,1H3. The van der Waals surface area contributed by atoms with Gasteiger partial charge in [0.05, 0.1) is 22.8 Å². The van der Waals surface area contributed by atoms with E-state index in [1.807, 2.05) is 61.5 Å². The molecule has 210 valence electrons. The summed E-state index contributed by atoms with van der Waals surface area (Å²) in [5.41, 5.74) is 4.37. The zero-order valence-corrected chi connectivity index (χ0v) is 23.9. The molecule has 0 fully saturated rings. The largest absolute Gasteiger partial charge is 0.462 e. The Balaban J connectivity index is 1.32. The van der Waals surface area contributed by atoms with Crippen molar-refractivity contribution in [2.75, 3.05) is 6.61 Å². The van der Waals surface area contributed by atoms with Crippen molar-refractivity contribution >= 4 is 21.7 Å². The summed E-state index contributed by atoms with van der Waals surface area (Å²) < 4.78 is 34.3. The first kappa shape index (κ1) is 28.6. The van der Waals surface area contributed by atoms with E-state index in [2.05, 4.69) is 46.0 Å². The number of benzene rings is 5. The lowest BCUT2D eigenvalue weighted by Crippen LogP contribution is -2.31. The van der Waals surface area contributed by atoms with Gasteiger partial charge in [-0.05, 0) is 66.4 Å². The number of carbonyl (C=O) groups is 1. The van der Waals surface area contributed by atoms with Crippen LogP contribution < -0.4 is 0 Å². The van der Waals surface area contributed by atoms with Crippen molar-refractivity contribution in [2.24, 2.45) is 9.63 Å². The van der Waals surface area contributed by atoms with Crippen molar-refractivity contribution in [3.63, 3.8) is 0 Å². The van der Waals surface area contributed by atoms with Crippen LogP contribution >= 0.6 is 0 Å². The summed E-state index contributed by atoms with van der Waals surface area (Å²) in [7, 11) is -3.93. The van der Waals surface area contributed by atoms with Crippen molar-refractivity contribution in [1.29, 1.82) is 0 Å². The van der Waals surface area contributed by atoms with Crippen LogP contribution in [0.25, 0.3) is 0 Å². The molecule has 0 unspecified atom stereocenters. The quantitative estimate of drug-likeness (QED) is 0.0959. The first-order valence-corrected chi connectivity index (χ1v) is 15.0. The van der Waals surface area contributed by atoms with E-state index < -0.39 is 21.4 Å². The van der Waals surface area contributed by atoms with Crippen molar-refractivity contribution in [2.45, 2.75) is 23.7 Å². The Hall–Kier alpha value is -4.88. The lowest BCUT2D eigenvalue weighted by molar-refractivity contribution is 0.0486. The molecule has 0 bridgehead atoms. The Morgan fingerprint density at radius 3 is 1.62 bits per heavy atom. The number of nitrogens with zero attached hydrogens (tertiary/aromatic N) is 2. The Labute approximate surface area is 246 Å². The van der Waals surface area contributed by atoms with E-state index in [9.17, 15) is 13.2 Å². The Morgan fingerprint density at radius 2 is 1.14 bits per heavy atom. The molecule has 0 amide bonds. The summed E-state index contributed by atoms with van der Waals surface area (Å²) in [6, 6.07) is 43.3. The fourth-order valence-corrected chi connectivity index (χ4v) is 5.78. The van der Waals surface area contributed by atoms with E-state index in [1.165, 1.54) is 24.3 Å². The number of sulfonamides is 1. The smallest absolute Gasteiger partial charge is 0.338 e. The molecule has 0 atom stereocenters. The van der Waals surface area contributed by atoms with Crippen LogP contribution in [-0.4, -0.2) is 21.0 Å². The van der Waals surface area contributed by atoms with E-state index in [4.69, 9.17) is 4.74 Å². The second kappa shape index (κ2) is 12.7. The SMILES string of the molecule is Cc1ccc(S(=O)(=O)N=Nc2ccc(C(=O)OCCC(c3ccccc3)(c3ccccc3)c3ccccc3)cc2)cc1. The van der Waals surface area contributed by atoms with Gasteiger partial charge in [-0.2, -0.15) is 8.42 Å². The van der Waals surface area contributed by atoms with E-state index in [-0.39, 0.29) is 11.5 Å². The number of ether oxygens (including phenoxy) is 1. The van der Waals surface area contributed by atoms with Gasteiger partial charge in [0.25, 0.3) is 10.0 Å². The molecular weight excluding hydrogens is 544 g/mol. The molecule has 0 aliphatic carbocycles. The Bertz CT molecular complexity index is 1660. The molecule has 6 nitrogen and oxygen atoms in total. The minimum atomic E-state index is -3.93. The molecular formula is C35H30N2O4S. The van der Waals surface area contributed by atoms with Gasteiger partial charge < -0.3 is 4.74 Å². The highest BCUT2D eigenvalue weighted by Gasteiger charge is 2.36. The van der Waals surface area contributed by atoms with Crippen molar-refractivity contribution in [1.82, 2.24) is 0 Å². The summed E-state index contributed by atoms with van der Waals surface area (Å²) in [4.78, 5) is 13.1. The molecule has 0 saturated carbocycles. The maximum absolute atomic E-state index is 13.0. The van der Waals surface area contributed by atoms with E-state index in [1.54, 1.807) is 24.3 Å². The number of hydrogen-bond acceptors (Lipinski definition) is 5. The number of rotatable bonds is 10. The molecule has 0 aromatic heterocycles. The molecule has 42 heavy (non-hydrogen) atoms. The summed E-state index contributed by atoms with van der Waals surface area (Å²) in [5.74, 6) is -0.478. The topological polar surface area (TPSA) is 85.2 Å². The van der Waals surface area contributed by atoms with Crippen LogP contribution in [-0.2, 0) is 20.2 Å². The van der Waals surface area contributed by atoms with Gasteiger partial charge in [0.2, 0.25) is 0 Å². The number of aryl methyl sites for hydroxylation is 1. The molecule has 0 spiro atoms. The third-order valence-electron chi connectivity index (χ3n) is 7.20. The van der Waals surface area contributed by atoms with Crippen LogP contribution in [0.4, 0.5) is 5.69 Å². The van der Waals surface area contributed by atoms with Gasteiger partial charge in [-0.25, -0.2) is 4.79 Å². The summed E-state index contributed by atoms with van der Waals surface area (Å²) in [5, 5.41) is 3.86. The van der Waals surface area contributed by atoms with E-state index in [0.29, 0.717) is 17.7 Å². The Morgan fingerprint density at radius 1 is 0.667 bits per heavy atom. The van der Waals surface area contributed by atoms with Gasteiger partial charge in [-0.3, -0.25) is 0 Å². The third kappa shape index (κ3) is 6.37. The lowest BCUT2D eigenvalue weighted by atomic mass is 9.67. The van der Waals surface area contributed by atoms with Crippen molar-refractivity contribution in [3.8, 4) is 0 Å². The minimum absolute atomic E-state index is 0.0645. The molecule has 0 N–H and O–H groups in total. The van der Waals surface area contributed by atoms with Gasteiger partial charge >= 0.3 is 5.97 Å². The summed E-state index contributed by atoms with van der Waals surface area (Å²) in [6.07, 6.45) is 0.528. The zero-order valence-electron chi connectivity index (χ0n) is 23.1. The highest BCUT2D eigenvalue weighted by molar-refractivity contribution is 7.90. The summed E-state index contributed by atoms with van der Waals surface area (Å²) >= 11 is 0. The fourth-order valence-electron chi connectivity index (χ4n) is 5.00. The predicted molar refractivity (Wildman–Crippen MR) is 163 cm³/mol. The zero-order chi connectivity index (χ0) is 29.4. The van der Waals surface area contributed by atoms with E-state index in [0.717, 1.165) is 22.3 Å². The van der Waals surface area contributed by atoms with Gasteiger partial charge in [0, 0.05) is 5.41 Å². The normalized spacial score (nSPS) is 11.8. The van der Waals surface area contributed by atoms with Crippen LogP contribution in [0, 0.1) is 6.92 Å². The van der Waals surface area contributed by atoms with Gasteiger partial charge in [-0.1, -0.05) is 113 Å². The second-order valence-corrected chi connectivity index (χ2v) is 11.5. The number of hydrogen-bond donors (Lipinski definition) is 0. The van der Waals surface area contributed by atoms with E-state index >= 15 is 0 Å². The van der Waals surface area contributed by atoms with Gasteiger partial charge in [-0.15, -0.1) is 5.11 Å². The molecule has 0 saturated heterocycles. The Kier molecular flexibility index (Phi) is 8.69. The highest BCUT2D eigenvalue weighted by Crippen LogP contribution is 2.42. The molecule has 7 heteroatoms. The predicted octanol–water partition coefficient (Wildman–Crippen LogP) is 8.05.